The first kappa shape index (κ1) is 18.6. The number of hydrogen-bond acceptors (Lipinski definition) is 4. The van der Waals surface area contributed by atoms with E-state index in [9.17, 15) is 8.78 Å². The molecule has 2 fully saturated rings. The summed E-state index contributed by atoms with van der Waals surface area (Å²) in [5, 5.41) is 0.427. The summed E-state index contributed by atoms with van der Waals surface area (Å²) in [6.07, 6.45) is -0.453. The monoisotopic (exact) mass is 395 g/mol. The predicted molar refractivity (Wildman–Crippen MR) is 97.0 cm³/mol. The highest BCUT2D eigenvalue weighted by Gasteiger charge is 2.38. The van der Waals surface area contributed by atoms with Gasteiger partial charge in [0.05, 0.1) is 25.4 Å². The van der Waals surface area contributed by atoms with Crippen LogP contribution in [0.4, 0.5) is 8.78 Å². The molecule has 0 unspecified atom stereocenters. The van der Waals surface area contributed by atoms with Gasteiger partial charge in [0.25, 0.3) is 0 Å². The van der Waals surface area contributed by atoms with E-state index < -0.39 is 0 Å². The molecule has 2 atom stereocenters. The van der Waals surface area contributed by atoms with Crippen LogP contribution in [-0.4, -0.2) is 49.5 Å². The van der Waals surface area contributed by atoms with E-state index in [0.717, 1.165) is 0 Å². The van der Waals surface area contributed by atoms with Crippen molar-refractivity contribution in [2.24, 2.45) is 0 Å². The van der Waals surface area contributed by atoms with Crippen LogP contribution in [0.2, 0.25) is 5.02 Å². The van der Waals surface area contributed by atoms with Gasteiger partial charge < -0.3 is 14.2 Å². The van der Waals surface area contributed by atoms with E-state index in [0.29, 0.717) is 49.2 Å². The summed E-state index contributed by atoms with van der Waals surface area (Å²) in [4.78, 5) is 2.08. The SMILES string of the molecule is Fc1ccc(OC2CO[C@H]3CN(Cc4c(F)cccc4Cl)C[C@@H]3OC2)cc1. The summed E-state index contributed by atoms with van der Waals surface area (Å²) in [6.45, 7) is 2.46. The van der Waals surface area contributed by atoms with E-state index in [1.54, 1.807) is 24.3 Å². The van der Waals surface area contributed by atoms with Crippen LogP contribution in [0.3, 0.4) is 0 Å². The average molecular weight is 396 g/mol. The Hall–Kier alpha value is -1.73. The van der Waals surface area contributed by atoms with Crippen LogP contribution < -0.4 is 4.74 Å². The molecular weight excluding hydrogens is 376 g/mol. The fourth-order valence-electron chi connectivity index (χ4n) is 3.46. The molecule has 144 valence electrons. The van der Waals surface area contributed by atoms with Gasteiger partial charge in [-0.15, -0.1) is 0 Å². The van der Waals surface area contributed by atoms with Crippen LogP contribution in [0.5, 0.6) is 5.75 Å². The van der Waals surface area contributed by atoms with Gasteiger partial charge in [-0.25, -0.2) is 8.78 Å². The van der Waals surface area contributed by atoms with E-state index in [2.05, 4.69) is 4.90 Å². The Balaban J connectivity index is 1.33. The molecule has 2 aromatic carbocycles. The van der Waals surface area contributed by atoms with Crippen LogP contribution in [0.1, 0.15) is 5.56 Å². The number of hydrogen-bond donors (Lipinski definition) is 0. The van der Waals surface area contributed by atoms with Gasteiger partial charge in [0, 0.05) is 30.2 Å². The molecule has 2 aromatic rings. The molecule has 0 amide bonds. The number of halogens is 3. The highest BCUT2D eigenvalue weighted by molar-refractivity contribution is 6.31. The third kappa shape index (κ3) is 4.41. The molecule has 7 heteroatoms. The highest BCUT2D eigenvalue weighted by atomic mass is 35.5. The summed E-state index contributed by atoms with van der Waals surface area (Å²) in [5.41, 5.74) is 0.494. The second-order valence-electron chi connectivity index (χ2n) is 6.83. The lowest BCUT2D eigenvalue weighted by atomic mass is 10.2. The third-order valence-electron chi connectivity index (χ3n) is 4.84. The van der Waals surface area contributed by atoms with Gasteiger partial charge in [0.15, 0.2) is 0 Å². The van der Waals surface area contributed by atoms with Gasteiger partial charge in [-0.1, -0.05) is 17.7 Å². The van der Waals surface area contributed by atoms with E-state index in [1.165, 1.54) is 18.2 Å². The van der Waals surface area contributed by atoms with Crippen LogP contribution >= 0.6 is 11.6 Å². The Morgan fingerprint density at radius 2 is 1.67 bits per heavy atom. The second-order valence-corrected chi connectivity index (χ2v) is 7.24. The zero-order valence-electron chi connectivity index (χ0n) is 14.6. The maximum absolute atomic E-state index is 14.0. The highest BCUT2D eigenvalue weighted by Crippen LogP contribution is 2.26. The molecule has 0 bridgehead atoms. The van der Waals surface area contributed by atoms with Crippen molar-refractivity contribution < 1.29 is 23.0 Å². The lowest BCUT2D eigenvalue weighted by Gasteiger charge is -2.20. The quantitative estimate of drug-likeness (QED) is 0.790. The lowest BCUT2D eigenvalue weighted by Crippen LogP contribution is -2.29. The fourth-order valence-corrected chi connectivity index (χ4v) is 3.68. The number of rotatable bonds is 4. The van der Waals surface area contributed by atoms with Crippen molar-refractivity contribution in [3.8, 4) is 5.75 Å². The van der Waals surface area contributed by atoms with Gasteiger partial charge >= 0.3 is 0 Å². The second kappa shape index (κ2) is 8.10. The third-order valence-corrected chi connectivity index (χ3v) is 5.20. The summed E-state index contributed by atoms with van der Waals surface area (Å²) in [7, 11) is 0. The van der Waals surface area contributed by atoms with Crippen LogP contribution in [0, 0.1) is 11.6 Å². The first-order valence-corrected chi connectivity index (χ1v) is 9.27. The molecule has 2 aliphatic rings. The topological polar surface area (TPSA) is 30.9 Å². The fraction of sp³-hybridized carbons (Fsp3) is 0.400. The number of benzene rings is 2. The van der Waals surface area contributed by atoms with Crippen molar-refractivity contribution in [3.05, 3.63) is 64.7 Å². The molecule has 2 heterocycles. The molecule has 0 radical (unpaired) electrons. The molecule has 0 N–H and O–H groups in total. The summed E-state index contributed by atoms with van der Waals surface area (Å²) in [6, 6.07) is 10.6. The molecule has 2 saturated heterocycles. The average Bonchev–Trinajstić information content (AvgIpc) is 2.95. The predicted octanol–water partition coefficient (Wildman–Crippen LogP) is 3.67. The van der Waals surface area contributed by atoms with E-state index >= 15 is 0 Å². The van der Waals surface area contributed by atoms with Crippen LogP contribution in [0.15, 0.2) is 42.5 Å². The number of likely N-dealkylation sites (tertiary alicyclic amines) is 1. The van der Waals surface area contributed by atoms with Crippen molar-refractivity contribution in [2.45, 2.75) is 24.9 Å². The zero-order chi connectivity index (χ0) is 18.8. The molecule has 0 saturated carbocycles. The minimum absolute atomic E-state index is 0.0997. The Labute approximate surface area is 161 Å². The Bertz CT molecular complexity index is 753. The van der Waals surface area contributed by atoms with Gasteiger partial charge in [-0.3, -0.25) is 4.90 Å². The number of fused-ring (bicyclic) bond motifs is 1. The Morgan fingerprint density at radius 1 is 1.00 bits per heavy atom. The lowest BCUT2D eigenvalue weighted by molar-refractivity contribution is -0.00461. The van der Waals surface area contributed by atoms with Gasteiger partial charge in [-0.05, 0) is 36.4 Å². The van der Waals surface area contributed by atoms with Crippen molar-refractivity contribution in [1.29, 1.82) is 0 Å². The molecular formula is C20H20ClF2NO3. The summed E-state index contributed by atoms with van der Waals surface area (Å²) in [5.74, 6) is -0.0269. The molecule has 4 rings (SSSR count). The van der Waals surface area contributed by atoms with Crippen molar-refractivity contribution in [3.63, 3.8) is 0 Å². The first-order valence-electron chi connectivity index (χ1n) is 8.89. The number of ether oxygens (including phenoxy) is 3. The van der Waals surface area contributed by atoms with Crippen molar-refractivity contribution >= 4 is 11.6 Å². The molecule has 0 aromatic heterocycles. The van der Waals surface area contributed by atoms with Crippen molar-refractivity contribution in [2.75, 3.05) is 26.3 Å². The van der Waals surface area contributed by atoms with Gasteiger partial charge in [0.1, 0.15) is 23.5 Å². The molecule has 0 spiro atoms. The first-order chi connectivity index (χ1) is 13.1. The molecule has 27 heavy (non-hydrogen) atoms. The molecule has 2 aliphatic heterocycles. The Kier molecular flexibility index (Phi) is 5.59. The smallest absolute Gasteiger partial charge is 0.145 e. The normalized spacial score (nSPS) is 23.8. The van der Waals surface area contributed by atoms with E-state index in [4.69, 9.17) is 25.8 Å². The standard InChI is InChI=1S/C20H20ClF2NO3/c21-17-2-1-3-18(23)16(17)8-24-9-19-20(10-24)26-12-15(11-25-19)27-14-6-4-13(22)5-7-14/h1-7,15,19-20H,8-12H2/t19-,20-/m0/s1. The summed E-state index contributed by atoms with van der Waals surface area (Å²) < 4.78 is 44.8. The van der Waals surface area contributed by atoms with Gasteiger partial charge in [0.2, 0.25) is 0 Å². The molecule has 4 nitrogen and oxygen atoms in total. The van der Waals surface area contributed by atoms with E-state index in [-0.39, 0.29) is 29.9 Å². The maximum Gasteiger partial charge on any atom is 0.145 e. The van der Waals surface area contributed by atoms with Crippen LogP contribution in [0.25, 0.3) is 0 Å². The molecule has 0 aliphatic carbocycles. The van der Waals surface area contributed by atoms with Crippen LogP contribution in [-0.2, 0) is 16.0 Å². The largest absolute Gasteiger partial charge is 0.486 e. The van der Waals surface area contributed by atoms with Crippen molar-refractivity contribution in [1.82, 2.24) is 4.90 Å². The maximum atomic E-state index is 14.0. The number of nitrogens with zero attached hydrogens (tertiary/aromatic N) is 1. The summed E-state index contributed by atoms with van der Waals surface area (Å²) >= 11 is 6.12. The zero-order valence-corrected chi connectivity index (χ0v) is 15.4. The minimum Gasteiger partial charge on any atom is -0.486 e. The minimum atomic E-state index is -0.305. The van der Waals surface area contributed by atoms with Gasteiger partial charge in [-0.2, -0.15) is 0 Å². The van der Waals surface area contributed by atoms with E-state index in [1.807, 2.05) is 0 Å². The Morgan fingerprint density at radius 3 is 2.30 bits per heavy atom.